The van der Waals surface area contributed by atoms with Crippen molar-refractivity contribution in [2.45, 2.75) is 55.9 Å². The number of carbonyl (C=O) groups is 1. The third-order valence-corrected chi connectivity index (χ3v) is 7.71. The van der Waals surface area contributed by atoms with E-state index in [0.29, 0.717) is 26.2 Å². The second-order valence-corrected chi connectivity index (χ2v) is 9.10. The summed E-state index contributed by atoms with van der Waals surface area (Å²) in [7, 11) is -3.06. The average molecular weight is 330 g/mol. The quantitative estimate of drug-likeness (QED) is 0.787. The van der Waals surface area contributed by atoms with Crippen LogP contribution in [0.4, 0.5) is 0 Å². The predicted octanol–water partition coefficient (Wildman–Crippen LogP) is 0.309. The van der Waals surface area contributed by atoms with Crippen LogP contribution in [0.3, 0.4) is 0 Å². The predicted molar refractivity (Wildman–Crippen MR) is 83.1 cm³/mol. The van der Waals surface area contributed by atoms with Gasteiger partial charge < -0.3 is 15.4 Å². The van der Waals surface area contributed by atoms with Crippen molar-refractivity contribution >= 4 is 15.7 Å². The van der Waals surface area contributed by atoms with E-state index < -0.39 is 15.9 Å². The zero-order valence-corrected chi connectivity index (χ0v) is 13.8. The van der Waals surface area contributed by atoms with E-state index in [0.717, 1.165) is 32.1 Å². The maximum Gasteiger partial charge on any atom is 0.240 e. The molecule has 0 radical (unpaired) electrons. The van der Waals surface area contributed by atoms with Crippen LogP contribution in [0.15, 0.2) is 0 Å². The molecule has 3 unspecified atom stereocenters. The molecule has 1 amide bonds. The van der Waals surface area contributed by atoms with Gasteiger partial charge in [-0.15, -0.1) is 0 Å². The van der Waals surface area contributed by atoms with Crippen LogP contribution >= 0.6 is 0 Å². The molecule has 3 rings (SSSR count). The van der Waals surface area contributed by atoms with E-state index in [1.54, 1.807) is 4.90 Å². The highest BCUT2D eigenvalue weighted by Gasteiger charge is 2.45. The van der Waals surface area contributed by atoms with Crippen LogP contribution < -0.4 is 5.73 Å². The molecule has 0 aromatic heterocycles. The minimum absolute atomic E-state index is 0.0568. The zero-order chi connectivity index (χ0) is 15.7. The number of ether oxygens (including phenoxy) is 1. The SMILES string of the molecule is NC(C(=O)N1CCS(=O)(=O)C2CCCCC21)C1CCOCC1. The van der Waals surface area contributed by atoms with E-state index in [-0.39, 0.29) is 28.9 Å². The first-order valence-corrected chi connectivity index (χ1v) is 10.1. The molecule has 3 aliphatic rings. The lowest BCUT2D eigenvalue weighted by molar-refractivity contribution is -0.137. The minimum Gasteiger partial charge on any atom is -0.381 e. The van der Waals surface area contributed by atoms with Gasteiger partial charge in [-0.1, -0.05) is 12.8 Å². The van der Waals surface area contributed by atoms with Crippen LogP contribution in [0.5, 0.6) is 0 Å². The van der Waals surface area contributed by atoms with Gasteiger partial charge in [-0.3, -0.25) is 4.79 Å². The third-order valence-electron chi connectivity index (χ3n) is 5.49. The van der Waals surface area contributed by atoms with Gasteiger partial charge in [0.2, 0.25) is 5.91 Å². The Balaban J connectivity index is 1.74. The van der Waals surface area contributed by atoms with Gasteiger partial charge in [0.25, 0.3) is 0 Å². The normalized spacial score (nSPS) is 34.0. The fourth-order valence-electron chi connectivity index (χ4n) is 4.14. The van der Waals surface area contributed by atoms with Gasteiger partial charge in [0.05, 0.1) is 17.0 Å². The van der Waals surface area contributed by atoms with Crippen LogP contribution in [0, 0.1) is 5.92 Å². The van der Waals surface area contributed by atoms with Crippen LogP contribution in [0.2, 0.25) is 0 Å². The number of amides is 1. The Hall–Kier alpha value is -0.660. The first-order valence-electron chi connectivity index (χ1n) is 8.36. The molecule has 6 nitrogen and oxygen atoms in total. The van der Waals surface area contributed by atoms with Crippen LogP contribution in [-0.4, -0.2) is 62.1 Å². The van der Waals surface area contributed by atoms with Crippen molar-refractivity contribution < 1.29 is 17.9 Å². The van der Waals surface area contributed by atoms with Crippen molar-refractivity contribution in [3.63, 3.8) is 0 Å². The molecule has 22 heavy (non-hydrogen) atoms. The number of fused-ring (bicyclic) bond motifs is 1. The highest BCUT2D eigenvalue weighted by molar-refractivity contribution is 7.92. The second-order valence-electron chi connectivity index (χ2n) is 6.76. The molecule has 0 bridgehead atoms. The van der Waals surface area contributed by atoms with E-state index in [1.807, 2.05) is 0 Å². The number of hydrogen-bond donors (Lipinski definition) is 1. The molecule has 0 spiro atoms. The van der Waals surface area contributed by atoms with Gasteiger partial charge in [-0.2, -0.15) is 0 Å². The van der Waals surface area contributed by atoms with Crippen molar-refractivity contribution in [2.75, 3.05) is 25.5 Å². The molecule has 2 aliphatic heterocycles. The first-order chi connectivity index (χ1) is 10.5. The van der Waals surface area contributed by atoms with Gasteiger partial charge in [0.1, 0.15) is 0 Å². The molecule has 126 valence electrons. The Morgan fingerprint density at radius 1 is 1.14 bits per heavy atom. The summed E-state index contributed by atoms with van der Waals surface area (Å²) in [5, 5.41) is -0.374. The van der Waals surface area contributed by atoms with Crippen molar-refractivity contribution in [3.05, 3.63) is 0 Å². The van der Waals surface area contributed by atoms with E-state index in [9.17, 15) is 13.2 Å². The minimum atomic E-state index is -3.06. The van der Waals surface area contributed by atoms with E-state index in [2.05, 4.69) is 0 Å². The van der Waals surface area contributed by atoms with Gasteiger partial charge in [0, 0.05) is 25.8 Å². The molecular weight excluding hydrogens is 304 g/mol. The van der Waals surface area contributed by atoms with Gasteiger partial charge >= 0.3 is 0 Å². The fourth-order valence-corrected chi connectivity index (χ4v) is 6.18. The summed E-state index contributed by atoms with van der Waals surface area (Å²) in [5.41, 5.74) is 6.22. The molecule has 2 N–H and O–H groups in total. The Morgan fingerprint density at radius 3 is 2.55 bits per heavy atom. The lowest BCUT2D eigenvalue weighted by atomic mass is 9.89. The molecule has 7 heteroatoms. The van der Waals surface area contributed by atoms with E-state index in [1.165, 1.54) is 0 Å². The summed E-state index contributed by atoms with van der Waals surface area (Å²) in [6.45, 7) is 1.62. The Labute approximate surface area is 132 Å². The van der Waals surface area contributed by atoms with Gasteiger partial charge in [-0.25, -0.2) is 8.42 Å². The lowest BCUT2D eigenvalue weighted by Gasteiger charge is -2.45. The highest BCUT2D eigenvalue weighted by atomic mass is 32.2. The largest absolute Gasteiger partial charge is 0.381 e. The summed E-state index contributed by atoms with van der Waals surface area (Å²) < 4.78 is 29.9. The Bertz CT molecular complexity index is 516. The number of nitrogens with two attached hydrogens (primary N) is 1. The van der Waals surface area contributed by atoms with Crippen molar-refractivity contribution in [2.24, 2.45) is 11.7 Å². The van der Waals surface area contributed by atoms with Crippen LogP contribution in [0.1, 0.15) is 38.5 Å². The molecule has 0 aromatic carbocycles. The maximum atomic E-state index is 12.8. The first kappa shape index (κ1) is 16.2. The molecule has 2 heterocycles. The fraction of sp³-hybridized carbons (Fsp3) is 0.933. The van der Waals surface area contributed by atoms with Crippen molar-refractivity contribution in [1.82, 2.24) is 4.90 Å². The molecule has 1 saturated carbocycles. The standard InChI is InChI=1S/C15H26N2O4S/c16-14(11-5-8-21-9-6-11)15(18)17-7-10-22(19,20)13-4-2-1-3-12(13)17/h11-14H,1-10,16H2. The van der Waals surface area contributed by atoms with Gasteiger partial charge in [-0.05, 0) is 31.6 Å². The number of rotatable bonds is 2. The van der Waals surface area contributed by atoms with Crippen LogP contribution in [-0.2, 0) is 19.4 Å². The summed E-state index contributed by atoms with van der Waals surface area (Å²) in [4.78, 5) is 14.6. The molecular formula is C15H26N2O4S. The highest BCUT2D eigenvalue weighted by Crippen LogP contribution is 2.33. The average Bonchev–Trinajstić information content (AvgIpc) is 2.55. The number of carbonyl (C=O) groups excluding carboxylic acids is 1. The summed E-state index contributed by atoms with van der Waals surface area (Å²) in [5.74, 6) is 0.181. The second kappa shape index (κ2) is 6.45. The monoisotopic (exact) mass is 330 g/mol. The molecule has 2 saturated heterocycles. The van der Waals surface area contributed by atoms with E-state index in [4.69, 9.17) is 10.5 Å². The third kappa shape index (κ3) is 3.03. The maximum absolute atomic E-state index is 12.8. The van der Waals surface area contributed by atoms with Gasteiger partial charge in [0.15, 0.2) is 9.84 Å². The van der Waals surface area contributed by atoms with E-state index >= 15 is 0 Å². The number of sulfone groups is 1. The number of hydrogen-bond acceptors (Lipinski definition) is 5. The summed E-state index contributed by atoms with van der Waals surface area (Å²) in [6.07, 6.45) is 5.03. The molecule has 3 atom stereocenters. The molecule has 3 fully saturated rings. The molecule has 1 aliphatic carbocycles. The lowest BCUT2D eigenvalue weighted by Crippen LogP contribution is -2.61. The van der Waals surface area contributed by atoms with Crippen molar-refractivity contribution in [1.29, 1.82) is 0 Å². The Kier molecular flexibility index (Phi) is 4.75. The van der Waals surface area contributed by atoms with Crippen LogP contribution in [0.25, 0.3) is 0 Å². The number of nitrogens with zero attached hydrogens (tertiary/aromatic N) is 1. The molecule has 0 aromatic rings. The Morgan fingerprint density at radius 2 is 1.82 bits per heavy atom. The smallest absolute Gasteiger partial charge is 0.240 e. The van der Waals surface area contributed by atoms with Crippen molar-refractivity contribution in [3.8, 4) is 0 Å². The topological polar surface area (TPSA) is 89.7 Å². The summed E-state index contributed by atoms with van der Waals surface area (Å²) >= 11 is 0. The zero-order valence-electron chi connectivity index (χ0n) is 12.9. The summed E-state index contributed by atoms with van der Waals surface area (Å²) in [6, 6.07) is -0.682.